The van der Waals surface area contributed by atoms with Gasteiger partial charge in [0.25, 0.3) is 5.79 Å². The second kappa shape index (κ2) is 7.20. The van der Waals surface area contributed by atoms with E-state index in [-0.39, 0.29) is 31.8 Å². The Labute approximate surface area is 178 Å². The van der Waals surface area contributed by atoms with Gasteiger partial charge in [0.05, 0.1) is 17.9 Å². The van der Waals surface area contributed by atoms with Gasteiger partial charge in [-0.3, -0.25) is 14.4 Å². The Kier molecular flexibility index (Phi) is 5.01. The number of esters is 5. The number of carbonyl (C=O) groups excluding carboxylic acids is 5. The summed E-state index contributed by atoms with van der Waals surface area (Å²) in [6.07, 6.45) is 0.647. The highest BCUT2D eigenvalue weighted by Crippen LogP contribution is 2.67. The normalized spacial score (nSPS) is 35.5. The minimum atomic E-state index is -1.60. The van der Waals surface area contributed by atoms with Crippen molar-refractivity contribution in [2.24, 2.45) is 22.7 Å². The molecule has 2 saturated heterocycles. The molecule has 170 valence electrons. The molecule has 2 aliphatic heterocycles. The van der Waals surface area contributed by atoms with Crippen molar-refractivity contribution in [3.05, 3.63) is 0 Å². The summed E-state index contributed by atoms with van der Waals surface area (Å²) in [5.41, 5.74) is -2.35. The summed E-state index contributed by atoms with van der Waals surface area (Å²) >= 11 is 0. The van der Waals surface area contributed by atoms with Crippen LogP contribution in [0.2, 0.25) is 0 Å². The molecule has 0 aromatic rings. The lowest BCUT2D eigenvalue weighted by Crippen LogP contribution is -2.48. The van der Waals surface area contributed by atoms with Gasteiger partial charge in [-0.1, -0.05) is 6.92 Å². The lowest BCUT2D eigenvalue weighted by atomic mass is 9.72. The van der Waals surface area contributed by atoms with E-state index >= 15 is 0 Å². The van der Waals surface area contributed by atoms with Crippen LogP contribution in [0.5, 0.6) is 0 Å². The maximum Gasteiger partial charge on any atom is 0.347 e. The van der Waals surface area contributed by atoms with Gasteiger partial charge in [-0.15, -0.1) is 0 Å². The first-order valence-electron chi connectivity index (χ1n) is 10.5. The Morgan fingerprint density at radius 3 is 2.55 bits per heavy atom. The molecule has 0 amide bonds. The third kappa shape index (κ3) is 3.27. The van der Waals surface area contributed by atoms with Crippen molar-refractivity contribution in [1.82, 2.24) is 0 Å². The zero-order chi connectivity index (χ0) is 22.6. The van der Waals surface area contributed by atoms with Crippen molar-refractivity contribution < 1.29 is 47.7 Å². The number of rotatable bonds is 7. The van der Waals surface area contributed by atoms with Crippen LogP contribution in [0, 0.1) is 22.7 Å². The monoisotopic (exact) mass is 438 g/mol. The molecular weight excluding hydrogens is 412 g/mol. The third-order valence-corrected chi connectivity index (χ3v) is 7.05. The first-order valence-corrected chi connectivity index (χ1v) is 10.5. The van der Waals surface area contributed by atoms with Crippen molar-refractivity contribution in [2.45, 2.75) is 64.8 Å². The van der Waals surface area contributed by atoms with E-state index in [0.717, 1.165) is 0 Å². The van der Waals surface area contributed by atoms with Gasteiger partial charge >= 0.3 is 29.8 Å². The molecule has 0 aromatic heterocycles. The topological polar surface area (TPSA) is 132 Å². The van der Waals surface area contributed by atoms with Gasteiger partial charge in [0.15, 0.2) is 12.0 Å². The maximum absolute atomic E-state index is 13.0. The molecule has 2 bridgehead atoms. The smallest absolute Gasteiger partial charge is 0.347 e. The van der Waals surface area contributed by atoms with E-state index in [2.05, 4.69) is 0 Å². The molecule has 10 heteroatoms. The van der Waals surface area contributed by atoms with Crippen LogP contribution in [0.4, 0.5) is 0 Å². The Morgan fingerprint density at radius 2 is 1.94 bits per heavy atom. The van der Waals surface area contributed by atoms with Crippen LogP contribution in [-0.4, -0.2) is 55.0 Å². The van der Waals surface area contributed by atoms with Gasteiger partial charge in [0.2, 0.25) is 6.10 Å². The quantitative estimate of drug-likeness (QED) is 0.323. The molecule has 4 fully saturated rings. The van der Waals surface area contributed by atoms with E-state index in [0.29, 0.717) is 12.8 Å². The first kappa shape index (κ1) is 21.6. The number of fused-ring (bicyclic) bond motifs is 1. The Morgan fingerprint density at radius 1 is 1.19 bits per heavy atom. The number of ether oxygens (including phenoxy) is 5. The number of hydrogen-bond acceptors (Lipinski definition) is 10. The van der Waals surface area contributed by atoms with Crippen LogP contribution in [0.15, 0.2) is 0 Å². The minimum absolute atomic E-state index is 0.0751. The molecule has 0 N–H and O–H groups in total. The fourth-order valence-corrected chi connectivity index (χ4v) is 5.00. The number of hydrogen-bond donors (Lipinski definition) is 0. The van der Waals surface area contributed by atoms with Crippen molar-refractivity contribution >= 4 is 29.8 Å². The average molecular weight is 438 g/mol. The second-order valence-electron chi connectivity index (χ2n) is 9.37. The van der Waals surface area contributed by atoms with Gasteiger partial charge < -0.3 is 23.7 Å². The van der Waals surface area contributed by atoms with Crippen LogP contribution in [0.1, 0.15) is 52.9 Å². The van der Waals surface area contributed by atoms with Gasteiger partial charge in [-0.2, -0.15) is 0 Å². The minimum Gasteiger partial charge on any atom is -0.463 e. The predicted octanol–water partition coefficient (Wildman–Crippen LogP) is 1.04. The molecular formula is C21H26O10. The van der Waals surface area contributed by atoms with Crippen LogP contribution in [0.25, 0.3) is 0 Å². The van der Waals surface area contributed by atoms with Gasteiger partial charge in [-0.05, 0) is 39.0 Å². The highest BCUT2D eigenvalue weighted by molar-refractivity contribution is 6.04. The third-order valence-electron chi connectivity index (χ3n) is 7.05. The van der Waals surface area contributed by atoms with Crippen molar-refractivity contribution in [3.63, 3.8) is 0 Å². The fourth-order valence-electron chi connectivity index (χ4n) is 5.00. The van der Waals surface area contributed by atoms with E-state index in [1.807, 2.05) is 6.92 Å². The molecule has 0 spiro atoms. The van der Waals surface area contributed by atoms with E-state index in [1.54, 1.807) is 13.8 Å². The summed E-state index contributed by atoms with van der Waals surface area (Å²) in [5.74, 6) is -6.07. The van der Waals surface area contributed by atoms with Crippen LogP contribution in [-0.2, 0) is 47.7 Å². The SMILES string of the molecule is CCC(C)(C)C(=O)OCC(=O)OC12CC3CC1C(C(=O)OC1CCOC1=O)(C3)C(=O)O2. The lowest BCUT2D eigenvalue weighted by Gasteiger charge is -2.33. The summed E-state index contributed by atoms with van der Waals surface area (Å²) in [7, 11) is 0. The summed E-state index contributed by atoms with van der Waals surface area (Å²) < 4.78 is 26.1. The van der Waals surface area contributed by atoms with Crippen molar-refractivity contribution in [3.8, 4) is 0 Å². The summed E-state index contributed by atoms with van der Waals surface area (Å²) in [4.78, 5) is 62.0. The molecule has 2 heterocycles. The van der Waals surface area contributed by atoms with Crippen LogP contribution in [0.3, 0.4) is 0 Å². The predicted molar refractivity (Wildman–Crippen MR) is 98.7 cm³/mol. The zero-order valence-electron chi connectivity index (χ0n) is 17.8. The molecule has 4 aliphatic rings. The van der Waals surface area contributed by atoms with Gasteiger partial charge in [-0.25, -0.2) is 9.59 Å². The molecule has 2 saturated carbocycles. The highest BCUT2D eigenvalue weighted by atomic mass is 16.7. The number of carbonyl (C=O) groups is 5. The Bertz CT molecular complexity index is 847. The molecule has 10 nitrogen and oxygen atoms in total. The molecule has 4 rings (SSSR count). The standard InChI is InChI=1S/C21H26O10/c1-4-19(2,3)16(24)28-10-14(22)30-21-9-11-7-13(21)20(8-11,18(26)31-21)17(25)29-12-5-6-27-15(12)23/h11-13H,4-10H2,1-3H3. The van der Waals surface area contributed by atoms with E-state index in [1.165, 1.54) is 0 Å². The van der Waals surface area contributed by atoms with E-state index in [9.17, 15) is 24.0 Å². The fraction of sp³-hybridized carbons (Fsp3) is 0.762. The van der Waals surface area contributed by atoms with Crippen LogP contribution >= 0.6 is 0 Å². The summed E-state index contributed by atoms with van der Waals surface area (Å²) in [5, 5.41) is 0. The molecule has 5 atom stereocenters. The zero-order valence-corrected chi connectivity index (χ0v) is 17.8. The Hall–Kier alpha value is -2.65. The van der Waals surface area contributed by atoms with Gasteiger partial charge in [0.1, 0.15) is 0 Å². The second-order valence-corrected chi connectivity index (χ2v) is 9.37. The number of cyclic esters (lactones) is 1. The van der Waals surface area contributed by atoms with E-state index < -0.39 is 65.1 Å². The average Bonchev–Trinajstić information content (AvgIpc) is 3.41. The van der Waals surface area contributed by atoms with Crippen molar-refractivity contribution in [2.75, 3.05) is 13.2 Å². The highest BCUT2D eigenvalue weighted by Gasteiger charge is 2.79. The van der Waals surface area contributed by atoms with Crippen molar-refractivity contribution in [1.29, 1.82) is 0 Å². The molecule has 0 aromatic carbocycles. The summed E-state index contributed by atoms with van der Waals surface area (Å²) in [6, 6.07) is 0. The van der Waals surface area contributed by atoms with Crippen LogP contribution < -0.4 is 0 Å². The van der Waals surface area contributed by atoms with E-state index in [4.69, 9.17) is 23.7 Å². The Balaban J connectivity index is 1.45. The lowest BCUT2D eigenvalue weighted by molar-refractivity contribution is -0.227. The maximum atomic E-state index is 13.0. The summed E-state index contributed by atoms with van der Waals surface area (Å²) in [6.45, 7) is 4.76. The first-order chi connectivity index (χ1) is 14.5. The molecule has 5 unspecified atom stereocenters. The van der Waals surface area contributed by atoms with Gasteiger partial charge in [0, 0.05) is 12.8 Å². The molecule has 0 radical (unpaired) electrons. The largest absolute Gasteiger partial charge is 0.463 e. The molecule has 2 aliphatic carbocycles. The molecule has 31 heavy (non-hydrogen) atoms.